The first-order chi connectivity index (χ1) is 4.81. The van der Waals surface area contributed by atoms with Gasteiger partial charge in [0.05, 0.1) is 6.61 Å². The van der Waals surface area contributed by atoms with E-state index in [2.05, 4.69) is 6.92 Å². The molecule has 0 fully saturated rings. The average molecular weight is 163 g/mol. The average Bonchev–Trinajstić information content (AvgIpc) is 1.89. The van der Waals surface area contributed by atoms with E-state index in [1.807, 2.05) is 13.0 Å². The largest absolute Gasteiger partial charge is 0.381 e. The molecule has 60 valence electrons. The van der Waals surface area contributed by atoms with E-state index in [1.54, 1.807) is 0 Å². The van der Waals surface area contributed by atoms with E-state index in [9.17, 15) is 0 Å². The van der Waals surface area contributed by atoms with Gasteiger partial charge in [-0.1, -0.05) is 11.6 Å². The van der Waals surface area contributed by atoms with Crippen LogP contribution in [0.5, 0.6) is 0 Å². The minimum absolute atomic E-state index is 0.609. The standard InChI is InChI=1S/C8H15ClO/c1-3-10-7-5-8(2)4-6-9/h4H,3,5-7H2,1-2H3. The smallest absolute Gasteiger partial charge is 0.0502 e. The molecule has 1 nitrogen and oxygen atoms in total. The van der Waals surface area contributed by atoms with Crippen LogP contribution in [-0.4, -0.2) is 19.1 Å². The Morgan fingerprint density at radius 1 is 1.60 bits per heavy atom. The number of hydrogen-bond donors (Lipinski definition) is 0. The summed E-state index contributed by atoms with van der Waals surface area (Å²) in [6, 6.07) is 0. The molecule has 0 atom stereocenters. The van der Waals surface area contributed by atoms with Gasteiger partial charge in [-0.25, -0.2) is 0 Å². The molecule has 0 N–H and O–H groups in total. The molecule has 0 aliphatic carbocycles. The van der Waals surface area contributed by atoms with Crippen LogP contribution in [0.25, 0.3) is 0 Å². The van der Waals surface area contributed by atoms with Crippen LogP contribution in [0.1, 0.15) is 20.3 Å². The van der Waals surface area contributed by atoms with E-state index in [1.165, 1.54) is 5.57 Å². The zero-order valence-electron chi connectivity index (χ0n) is 6.69. The highest BCUT2D eigenvalue weighted by Crippen LogP contribution is 1.99. The Hall–Kier alpha value is -0.0100. The SMILES string of the molecule is CCOCCC(C)=CCCl. The number of allylic oxidation sites excluding steroid dienone is 1. The number of alkyl halides is 1. The topological polar surface area (TPSA) is 9.23 Å². The van der Waals surface area contributed by atoms with Crippen LogP contribution in [0.2, 0.25) is 0 Å². The van der Waals surface area contributed by atoms with Crippen LogP contribution >= 0.6 is 11.6 Å². The van der Waals surface area contributed by atoms with E-state index in [4.69, 9.17) is 16.3 Å². The summed E-state index contributed by atoms with van der Waals surface area (Å²) in [5.74, 6) is 0.609. The Labute approximate surface area is 68.0 Å². The zero-order valence-corrected chi connectivity index (χ0v) is 7.45. The molecule has 2 heteroatoms. The summed E-state index contributed by atoms with van der Waals surface area (Å²) in [6.07, 6.45) is 3.02. The minimum atomic E-state index is 0.609. The van der Waals surface area contributed by atoms with Crippen molar-refractivity contribution in [3.8, 4) is 0 Å². The van der Waals surface area contributed by atoms with Crippen LogP contribution < -0.4 is 0 Å². The van der Waals surface area contributed by atoms with E-state index in [0.29, 0.717) is 5.88 Å². The summed E-state index contributed by atoms with van der Waals surface area (Å²) in [4.78, 5) is 0. The third-order valence-electron chi connectivity index (χ3n) is 1.27. The van der Waals surface area contributed by atoms with Crippen molar-refractivity contribution >= 4 is 11.6 Å². The summed E-state index contributed by atoms with van der Waals surface area (Å²) >= 11 is 5.49. The Bertz CT molecular complexity index is 99.4. The lowest BCUT2D eigenvalue weighted by atomic mass is 10.2. The maximum atomic E-state index is 5.49. The summed E-state index contributed by atoms with van der Waals surface area (Å²) in [7, 11) is 0. The number of ether oxygens (including phenoxy) is 1. The van der Waals surface area contributed by atoms with Gasteiger partial charge in [0, 0.05) is 12.5 Å². The fourth-order valence-electron chi connectivity index (χ4n) is 0.611. The number of hydrogen-bond acceptors (Lipinski definition) is 1. The molecule has 0 spiro atoms. The molecule has 0 saturated heterocycles. The molecule has 0 aliphatic rings. The first-order valence-corrected chi connectivity index (χ1v) is 4.14. The summed E-state index contributed by atoms with van der Waals surface area (Å²) in [6.45, 7) is 5.69. The van der Waals surface area contributed by atoms with Crippen LogP contribution in [0.3, 0.4) is 0 Å². The molecule has 0 aliphatic heterocycles. The summed E-state index contributed by atoms with van der Waals surface area (Å²) in [5, 5.41) is 0. The van der Waals surface area contributed by atoms with Gasteiger partial charge in [-0.2, -0.15) is 0 Å². The highest BCUT2D eigenvalue weighted by atomic mass is 35.5. The lowest BCUT2D eigenvalue weighted by molar-refractivity contribution is 0.151. The zero-order chi connectivity index (χ0) is 7.82. The van der Waals surface area contributed by atoms with Crippen LogP contribution in [0.15, 0.2) is 11.6 Å². The molecular weight excluding hydrogens is 148 g/mol. The Kier molecular flexibility index (Phi) is 7.09. The van der Waals surface area contributed by atoms with Crippen molar-refractivity contribution in [3.05, 3.63) is 11.6 Å². The fraction of sp³-hybridized carbons (Fsp3) is 0.750. The van der Waals surface area contributed by atoms with Crippen molar-refractivity contribution in [2.24, 2.45) is 0 Å². The molecular formula is C8H15ClO. The molecule has 0 bridgehead atoms. The Balaban J connectivity index is 3.21. The van der Waals surface area contributed by atoms with Crippen LogP contribution in [0.4, 0.5) is 0 Å². The van der Waals surface area contributed by atoms with Gasteiger partial charge in [0.25, 0.3) is 0 Å². The number of rotatable bonds is 5. The lowest BCUT2D eigenvalue weighted by Crippen LogP contribution is -1.93. The lowest BCUT2D eigenvalue weighted by Gasteiger charge is -1.99. The predicted octanol–water partition coefficient (Wildman–Crippen LogP) is 2.60. The Morgan fingerprint density at radius 3 is 2.80 bits per heavy atom. The van der Waals surface area contributed by atoms with Crippen molar-refractivity contribution in [1.29, 1.82) is 0 Å². The van der Waals surface area contributed by atoms with Gasteiger partial charge in [0.2, 0.25) is 0 Å². The molecule has 0 aromatic rings. The Morgan fingerprint density at radius 2 is 2.30 bits per heavy atom. The van der Waals surface area contributed by atoms with E-state index < -0.39 is 0 Å². The van der Waals surface area contributed by atoms with E-state index in [-0.39, 0.29) is 0 Å². The number of halogens is 1. The fourth-order valence-corrected chi connectivity index (χ4v) is 0.875. The van der Waals surface area contributed by atoms with Crippen molar-refractivity contribution in [1.82, 2.24) is 0 Å². The third kappa shape index (κ3) is 6.12. The molecule has 0 saturated carbocycles. The normalized spacial score (nSPS) is 12.1. The highest BCUT2D eigenvalue weighted by Gasteiger charge is 1.87. The van der Waals surface area contributed by atoms with Gasteiger partial charge in [-0.15, -0.1) is 11.6 Å². The van der Waals surface area contributed by atoms with Gasteiger partial charge in [-0.3, -0.25) is 0 Å². The first kappa shape index (κ1) is 9.99. The maximum Gasteiger partial charge on any atom is 0.0502 e. The van der Waals surface area contributed by atoms with Crippen molar-refractivity contribution in [2.45, 2.75) is 20.3 Å². The van der Waals surface area contributed by atoms with Gasteiger partial charge in [0.15, 0.2) is 0 Å². The second-order valence-corrected chi connectivity index (χ2v) is 2.46. The summed E-state index contributed by atoms with van der Waals surface area (Å²) in [5.41, 5.74) is 1.31. The summed E-state index contributed by atoms with van der Waals surface area (Å²) < 4.78 is 5.17. The highest BCUT2D eigenvalue weighted by molar-refractivity contribution is 6.18. The molecule has 0 rings (SSSR count). The quantitative estimate of drug-likeness (QED) is 0.343. The molecule has 0 aromatic carbocycles. The monoisotopic (exact) mass is 162 g/mol. The predicted molar refractivity (Wildman–Crippen MR) is 45.6 cm³/mol. The van der Waals surface area contributed by atoms with Crippen molar-refractivity contribution in [2.75, 3.05) is 19.1 Å². The van der Waals surface area contributed by atoms with Crippen molar-refractivity contribution in [3.63, 3.8) is 0 Å². The first-order valence-electron chi connectivity index (χ1n) is 3.60. The second kappa shape index (κ2) is 7.10. The molecule has 10 heavy (non-hydrogen) atoms. The van der Waals surface area contributed by atoms with E-state index >= 15 is 0 Å². The molecule has 0 unspecified atom stereocenters. The van der Waals surface area contributed by atoms with Crippen molar-refractivity contribution < 1.29 is 4.74 Å². The molecule has 0 amide bonds. The van der Waals surface area contributed by atoms with Gasteiger partial charge in [0.1, 0.15) is 0 Å². The molecule has 0 aromatic heterocycles. The second-order valence-electron chi connectivity index (χ2n) is 2.15. The maximum absolute atomic E-state index is 5.49. The van der Waals surface area contributed by atoms with Crippen LogP contribution in [0, 0.1) is 0 Å². The van der Waals surface area contributed by atoms with Gasteiger partial charge < -0.3 is 4.74 Å². The van der Waals surface area contributed by atoms with Gasteiger partial charge >= 0.3 is 0 Å². The van der Waals surface area contributed by atoms with Crippen LogP contribution in [-0.2, 0) is 4.74 Å². The molecule has 0 radical (unpaired) electrons. The van der Waals surface area contributed by atoms with Gasteiger partial charge in [-0.05, 0) is 20.3 Å². The van der Waals surface area contributed by atoms with E-state index in [0.717, 1.165) is 19.6 Å². The molecule has 0 heterocycles. The third-order valence-corrected chi connectivity index (χ3v) is 1.42. The minimum Gasteiger partial charge on any atom is -0.381 e.